The number of halogens is 2. The fraction of sp³-hybridized carbons (Fsp3) is 0.558. The molecule has 60 heavy (non-hydrogen) atoms. The van der Waals surface area contributed by atoms with Crippen LogP contribution in [0.2, 0.25) is 0 Å². The van der Waals surface area contributed by atoms with Crippen molar-refractivity contribution in [2.45, 2.75) is 123 Å². The van der Waals surface area contributed by atoms with E-state index >= 15 is 0 Å². The van der Waals surface area contributed by atoms with Crippen molar-refractivity contribution >= 4 is 47.7 Å². The van der Waals surface area contributed by atoms with Crippen molar-refractivity contribution in [3.8, 4) is 0 Å². The number of amides is 7. The van der Waals surface area contributed by atoms with E-state index in [9.17, 15) is 42.3 Å². The zero-order valence-corrected chi connectivity index (χ0v) is 35.5. The van der Waals surface area contributed by atoms with Crippen LogP contribution in [0.4, 0.5) is 19.3 Å². The molecule has 15 nitrogen and oxygen atoms in total. The number of aryl methyl sites for hydroxylation is 2. The average Bonchev–Trinajstić information content (AvgIpc) is 3.84. The Bertz CT molecular complexity index is 1750. The van der Waals surface area contributed by atoms with Gasteiger partial charge in [0.25, 0.3) is 0 Å². The molecule has 330 valence electrons. The van der Waals surface area contributed by atoms with Gasteiger partial charge in [-0.2, -0.15) is 0 Å². The van der Waals surface area contributed by atoms with Crippen molar-refractivity contribution in [3.05, 3.63) is 65.2 Å². The quantitative estimate of drug-likeness (QED) is 0.180. The molecule has 17 heteroatoms. The molecule has 2 aromatic rings. The lowest BCUT2D eigenvalue weighted by atomic mass is 9.99. The molecular formula is C43H61F2N7O8. The first kappa shape index (κ1) is 48.8. The van der Waals surface area contributed by atoms with Crippen molar-refractivity contribution in [1.29, 1.82) is 0 Å². The summed E-state index contributed by atoms with van der Waals surface area (Å²) in [4.78, 5) is 89.5. The fourth-order valence-corrected chi connectivity index (χ4v) is 7.33. The van der Waals surface area contributed by atoms with E-state index in [0.717, 1.165) is 25.3 Å². The average molecular weight is 842 g/mol. The predicted molar refractivity (Wildman–Crippen MR) is 221 cm³/mol. The van der Waals surface area contributed by atoms with Gasteiger partial charge in [-0.1, -0.05) is 26.0 Å². The van der Waals surface area contributed by atoms with Crippen LogP contribution in [0.3, 0.4) is 0 Å². The van der Waals surface area contributed by atoms with Crippen molar-refractivity contribution in [2.75, 3.05) is 31.5 Å². The maximum Gasteiger partial charge on any atom is 0.329 e. The van der Waals surface area contributed by atoms with Gasteiger partial charge in [0.05, 0.1) is 13.0 Å². The minimum Gasteiger partial charge on any atom is -0.461 e. The minimum absolute atomic E-state index is 0.0128. The molecule has 0 radical (unpaired) electrons. The Hall–Kier alpha value is -5.61. The van der Waals surface area contributed by atoms with Crippen LogP contribution in [0.1, 0.15) is 90.7 Å². The number of hydrogen-bond donors (Lipinski definition) is 4. The number of rotatable bonds is 12. The monoisotopic (exact) mass is 841 g/mol. The second-order valence-corrected chi connectivity index (χ2v) is 15.8. The summed E-state index contributed by atoms with van der Waals surface area (Å²) in [5, 5.41) is 7.84. The van der Waals surface area contributed by atoms with Gasteiger partial charge in [-0.05, 0) is 114 Å². The van der Waals surface area contributed by atoms with E-state index < -0.39 is 53.8 Å². The van der Waals surface area contributed by atoms with Crippen LogP contribution in [-0.2, 0) is 39.9 Å². The summed E-state index contributed by atoms with van der Waals surface area (Å²) in [6, 6.07) is 8.72. The number of primary amides is 1. The summed E-state index contributed by atoms with van der Waals surface area (Å²) in [7, 11) is 0. The predicted octanol–water partition coefficient (Wildman–Crippen LogP) is 4.20. The topological polar surface area (TPSA) is 201 Å². The molecule has 0 aliphatic carbocycles. The number of nitrogens with zero attached hydrogens (tertiary/aromatic N) is 3. The number of esters is 1. The molecule has 5 atom stereocenters. The van der Waals surface area contributed by atoms with Crippen LogP contribution < -0.4 is 21.7 Å². The van der Waals surface area contributed by atoms with Crippen molar-refractivity contribution in [3.63, 3.8) is 0 Å². The summed E-state index contributed by atoms with van der Waals surface area (Å²) in [6.45, 7) is 12.4. The van der Waals surface area contributed by atoms with Crippen LogP contribution >= 0.6 is 0 Å². The number of carbonyl (C=O) groups excluding carboxylic acids is 7. The summed E-state index contributed by atoms with van der Waals surface area (Å²) in [6.07, 6.45) is 5.07. The third kappa shape index (κ3) is 15.5. The third-order valence-corrected chi connectivity index (χ3v) is 10.2. The van der Waals surface area contributed by atoms with Crippen molar-refractivity contribution in [1.82, 2.24) is 25.3 Å². The second-order valence-electron chi connectivity index (χ2n) is 15.8. The minimum atomic E-state index is -0.671. The van der Waals surface area contributed by atoms with Crippen LogP contribution in [0, 0.1) is 24.5 Å². The van der Waals surface area contributed by atoms with E-state index in [4.69, 9.17) is 10.5 Å². The van der Waals surface area contributed by atoms with E-state index in [1.807, 2.05) is 45.0 Å². The van der Waals surface area contributed by atoms with Gasteiger partial charge in [-0.25, -0.2) is 18.4 Å². The second kappa shape index (κ2) is 23.8. The SMILES string of the molecule is CC1CC(C(=O)OC(C)CC(=O)N2CCCC2C(=O)N2CCCCC2C(=O)NC(C)C)N(C=O)C1.CCc1ccc(NC(=O)NCC(N)=O)cc1.Cc1cc(F)cc(F)c1. The number of carbonyl (C=O) groups is 7. The number of ether oxygens (including phenoxy) is 1. The fourth-order valence-electron chi connectivity index (χ4n) is 7.33. The molecule has 0 aromatic heterocycles. The lowest BCUT2D eigenvalue weighted by molar-refractivity contribution is -0.158. The maximum atomic E-state index is 13.5. The summed E-state index contributed by atoms with van der Waals surface area (Å²) in [5.74, 6) is -2.46. The van der Waals surface area contributed by atoms with Crippen LogP contribution in [0.15, 0.2) is 42.5 Å². The van der Waals surface area contributed by atoms with Gasteiger partial charge < -0.3 is 41.1 Å². The van der Waals surface area contributed by atoms with Gasteiger partial charge >= 0.3 is 12.0 Å². The van der Waals surface area contributed by atoms with E-state index in [-0.39, 0.29) is 42.6 Å². The number of anilines is 1. The van der Waals surface area contributed by atoms with Crippen molar-refractivity contribution in [2.24, 2.45) is 11.7 Å². The molecule has 0 saturated carbocycles. The standard InChI is InChI=1S/C25H40N4O6.C11H15N3O2.C7H6F2/c1-16(2)26-23(32)19-8-5-6-10-29(19)24(33)20-9-7-11-28(20)22(31)13-18(4)35-25(34)21-12-17(3)14-27(21)15-30;1-2-8-3-5-9(6-4-8)14-11(16)13-7-10(12)15;1-5-2-6(8)4-7(9)3-5/h15-21H,5-14H2,1-4H3,(H,26,32);3-6H,2,7H2,1H3,(H2,12,15)(H2,13,14,16);2-4H,1H3. The van der Waals surface area contributed by atoms with Gasteiger partial charge in [-0.3, -0.25) is 24.0 Å². The van der Waals surface area contributed by atoms with E-state index in [2.05, 4.69) is 22.9 Å². The zero-order chi connectivity index (χ0) is 44.5. The number of hydrogen-bond acceptors (Lipinski definition) is 8. The molecule has 3 aliphatic rings. The molecule has 7 amide bonds. The summed E-state index contributed by atoms with van der Waals surface area (Å²) >= 11 is 0. The van der Waals surface area contributed by atoms with Crippen molar-refractivity contribution < 1.29 is 47.1 Å². The lowest BCUT2D eigenvalue weighted by Gasteiger charge is -2.38. The number of urea groups is 1. The Morgan fingerprint density at radius 2 is 1.53 bits per heavy atom. The lowest BCUT2D eigenvalue weighted by Crippen LogP contribution is -2.57. The van der Waals surface area contributed by atoms with E-state index in [0.29, 0.717) is 63.0 Å². The number of benzene rings is 2. The van der Waals surface area contributed by atoms with E-state index in [1.54, 1.807) is 23.6 Å². The normalized spacial score (nSPS) is 20.1. The maximum absolute atomic E-state index is 13.5. The highest BCUT2D eigenvalue weighted by atomic mass is 19.1. The van der Waals surface area contributed by atoms with Gasteiger partial charge in [0.15, 0.2) is 0 Å². The van der Waals surface area contributed by atoms with Gasteiger partial charge in [0, 0.05) is 37.4 Å². The Balaban J connectivity index is 0.000000313. The summed E-state index contributed by atoms with van der Waals surface area (Å²) < 4.78 is 29.9. The summed E-state index contributed by atoms with van der Waals surface area (Å²) in [5.41, 5.74) is 7.37. The van der Waals surface area contributed by atoms with Crippen LogP contribution in [0.5, 0.6) is 0 Å². The number of piperidine rings is 1. The molecule has 0 spiro atoms. The highest BCUT2D eigenvalue weighted by Crippen LogP contribution is 2.27. The zero-order valence-electron chi connectivity index (χ0n) is 35.5. The Morgan fingerprint density at radius 1 is 0.900 bits per heavy atom. The smallest absolute Gasteiger partial charge is 0.329 e. The largest absolute Gasteiger partial charge is 0.461 e. The van der Waals surface area contributed by atoms with Crippen LogP contribution in [-0.4, -0.2) is 113 Å². The Kier molecular flexibility index (Phi) is 19.4. The molecule has 5 N–H and O–H groups in total. The van der Waals surface area contributed by atoms with E-state index in [1.165, 1.54) is 22.6 Å². The Labute approximate surface area is 351 Å². The van der Waals surface area contributed by atoms with Gasteiger partial charge in [0.1, 0.15) is 35.9 Å². The number of nitrogens with two attached hydrogens (primary N) is 1. The molecule has 3 heterocycles. The number of nitrogens with one attached hydrogen (secondary N) is 3. The first-order valence-electron chi connectivity index (χ1n) is 20.6. The molecule has 0 bridgehead atoms. The van der Waals surface area contributed by atoms with Crippen LogP contribution in [0.25, 0.3) is 0 Å². The molecule has 2 aromatic carbocycles. The van der Waals surface area contributed by atoms with Gasteiger partial charge in [-0.15, -0.1) is 0 Å². The third-order valence-electron chi connectivity index (χ3n) is 10.2. The molecule has 3 saturated heterocycles. The highest BCUT2D eigenvalue weighted by molar-refractivity contribution is 5.93. The molecule has 3 fully saturated rings. The number of likely N-dealkylation sites (tertiary alicyclic amines) is 3. The first-order chi connectivity index (χ1) is 28.4. The molecule has 3 aliphatic heterocycles. The van der Waals surface area contributed by atoms with Gasteiger partial charge in [0.2, 0.25) is 30.0 Å². The molecular weight excluding hydrogens is 781 g/mol. The Morgan fingerprint density at radius 3 is 2.12 bits per heavy atom. The highest BCUT2D eigenvalue weighted by Gasteiger charge is 2.42. The molecule has 5 unspecified atom stereocenters. The molecule has 5 rings (SSSR count). The first-order valence-corrected chi connectivity index (χ1v) is 20.6.